The lowest BCUT2D eigenvalue weighted by atomic mass is 10.0. The number of rotatable bonds is 5. The first-order valence-electron chi connectivity index (χ1n) is 9.19. The number of piperidine rings is 1. The topological polar surface area (TPSA) is 41.6 Å². The van der Waals surface area contributed by atoms with Crippen molar-refractivity contribution in [2.45, 2.75) is 39.2 Å². The van der Waals surface area contributed by atoms with Gasteiger partial charge in [0.15, 0.2) is 0 Å². The lowest BCUT2D eigenvalue weighted by Gasteiger charge is -2.35. The van der Waals surface area contributed by atoms with E-state index in [1.165, 1.54) is 24.9 Å². The lowest BCUT2D eigenvalue weighted by Crippen LogP contribution is -2.37. The van der Waals surface area contributed by atoms with Gasteiger partial charge in [0.05, 0.1) is 11.6 Å². The number of nitrogens with one attached hydrogen (secondary N) is 1. The van der Waals surface area contributed by atoms with Crippen molar-refractivity contribution in [3.05, 3.63) is 53.1 Å². The summed E-state index contributed by atoms with van der Waals surface area (Å²) in [5, 5.41) is 3.36. The number of hydrogen-bond donors (Lipinski definition) is 1. The van der Waals surface area contributed by atoms with E-state index in [9.17, 15) is 4.79 Å². The van der Waals surface area contributed by atoms with E-state index in [4.69, 9.17) is 16.3 Å². The highest BCUT2D eigenvalue weighted by atomic mass is 35.5. The molecule has 1 aliphatic heterocycles. The summed E-state index contributed by atoms with van der Waals surface area (Å²) in [5.74, 6) is 0.403. The first-order valence-corrected chi connectivity index (χ1v) is 9.56. The molecule has 0 spiro atoms. The molecule has 1 atom stereocenters. The molecule has 0 aliphatic carbocycles. The fourth-order valence-corrected chi connectivity index (χ4v) is 3.57. The van der Waals surface area contributed by atoms with Crippen LogP contribution in [0.4, 0.5) is 11.4 Å². The first kappa shape index (κ1) is 18.6. The van der Waals surface area contributed by atoms with E-state index >= 15 is 0 Å². The number of carbonyl (C=O) groups is 1. The minimum Gasteiger partial charge on any atom is -0.492 e. The second kappa shape index (κ2) is 8.45. The molecule has 26 heavy (non-hydrogen) atoms. The Morgan fingerprint density at radius 3 is 2.65 bits per heavy atom. The van der Waals surface area contributed by atoms with Crippen LogP contribution in [0, 0.1) is 0 Å². The SMILES string of the molecule is CCOc1ccc(C(=O)Nc2ccc(N3CCCC[C@H]3C)cc2)cc1Cl. The average molecular weight is 373 g/mol. The summed E-state index contributed by atoms with van der Waals surface area (Å²) in [6, 6.07) is 13.7. The van der Waals surface area contributed by atoms with Crippen LogP contribution in [0.3, 0.4) is 0 Å². The van der Waals surface area contributed by atoms with Crippen molar-refractivity contribution in [3.8, 4) is 5.75 Å². The van der Waals surface area contributed by atoms with Gasteiger partial charge in [-0.1, -0.05) is 11.6 Å². The highest BCUT2D eigenvalue weighted by Crippen LogP contribution is 2.27. The zero-order valence-electron chi connectivity index (χ0n) is 15.3. The van der Waals surface area contributed by atoms with Gasteiger partial charge in [-0.05, 0) is 75.6 Å². The Hall–Kier alpha value is -2.20. The number of anilines is 2. The van der Waals surface area contributed by atoms with Gasteiger partial charge in [-0.15, -0.1) is 0 Å². The minimum absolute atomic E-state index is 0.186. The van der Waals surface area contributed by atoms with E-state index < -0.39 is 0 Å². The fraction of sp³-hybridized carbons (Fsp3) is 0.381. The molecule has 0 aromatic heterocycles. The fourth-order valence-electron chi connectivity index (χ4n) is 3.34. The molecule has 1 amide bonds. The molecule has 1 aliphatic rings. The normalized spacial score (nSPS) is 17.0. The Bertz CT molecular complexity index is 761. The third-order valence-electron chi connectivity index (χ3n) is 4.75. The number of ether oxygens (including phenoxy) is 1. The molecule has 4 nitrogen and oxygen atoms in total. The molecule has 1 N–H and O–H groups in total. The molecule has 138 valence electrons. The minimum atomic E-state index is -0.186. The molecule has 1 fully saturated rings. The number of amides is 1. The molecule has 0 radical (unpaired) electrons. The monoisotopic (exact) mass is 372 g/mol. The Morgan fingerprint density at radius 1 is 1.23 bits per heavy atom. The summed E-state index contributed by atoms with van der Waals surface area (Å²) in [7, 11) is 0. The maximum absolute atomic E-state index is 12.5. The van der Waals surface area contributed by atoms with Crippen LogP contribution in [-0.2, 0) is 0 Å². The molecule has 0 unspecified atom stereocenters. The van der Waals surface area contributed by atoms with Gasteiger partial charge in [0.25, 0.3) is 5.91 Å². The molecule has 1 saturated heterocycles. The van der Waals surface area contributed by atoms with Crippen LogP contribution in [0.25, 0.3) is 0 Å². The molecule has 1 heterocycles. The molecule has 5 heteroatoms. The van der Waals surface area contributed by atoms with Crippen LogP contribution in [0.5, 0.6) is 5.75 Å². The van der Waals surface area contributed by atoms with Crippen molar-refractivity contribution >= 4 is 28.9 Å². The highest BCUT2D eigenvalue weighted by molar-refractivity contribution is 6.32. The number of benzene rings is 2. The van der Waals surface area contributed by atoms with Gasteiger partial charge in [0, 0.05) is 29.5 Å². The van der Waals surface area contributed by atoms with Gasteiger partial charge in [-0.2, -0.15) is 0 Å². The van der Waals surface area contributed by atoms with Crippen molar-refractivity contribution in [2.75, 3.05) is 23.4 Å². The summed E-state index contributed by atoms with van der Waals surface area (Å²) < 4.78 is 5.40. The van der Waals surface area contributed by atoms with E-state index in [1.54, 1.807) is 18.2 Å². The maximum atomic E-state index is 12.5. The van der Waals surface area contributed by atoms with Gasteiger partial charge in [-0.3, -0.25) is 4.79 Å². The Morgan fingerprint density at radius 2 is 2.00 bits per heavy atom. The summed E-state index contributed by atoms with van der Waals surface area (Å²) >= 11 is 6.17. The predicted octanol–water partition coefficient (Wildman–Crippen LogP) is 5.37. The molecule has 0 saturated carbocycles. The Balaban J connectivity index is 1.67. The van der Waals surface area contributed by atoms with E-state index in [-0.39, 0.29) is 5.91 Å². The number of carbonyl (C=O) groups excluding carboxylic acids is 1. The molecule has 2 aromatic carbocycles. The van der Waals surface area contributed by atoms with Crippen molar-refractivity contribution in [1.29, 1.82) is 0 Å². The van der Waals surface area contributed by atoms with Crippen LogP contribution in [0.1, 0.15) is 43.5 Å². The molecular formula is C21H25ClN2O2. The maximum Gasteiger partial charge on any atom is 0.255 e. The zero-order chi connectivity index (χ0) is 18.5. The summed E-state index contributed by atoms with van der Waals surface area (Å²) in [6.45, 7) is 5.79. The Labute approximate surface area is 160 Å². The van der Waals surface area contributed by atoms with Gasteiger partial charge in [0.2, 0.25) is 0 Å². The molecule has 0 bridgehead atoms. The standard InChI is InChI=1S/C21H25ClN2O2/c1-3-26-20-12-7-16(14-19(20)22)21(25)23-17-8-10-18(11-9-17)24-13-5-4-6-15(24)2/h7-12,14-15H,3-6,13H2,1-2H3,(H,23,25)/t15-/m1/s1. The highest BCUT2D eigenvalue weighted by Gasteiger charge is 2.18. The third-order valence-corrected chi connectivity index (χ3v) is 5.05. The summed E-state index contributed by atoms with van der Waals surface area (Å²) in [4.78, 5) is 14.9. The van der Waals surface area contributed by atoms with Crippen molar-refractivity contribution in [2.24, 2.45) is 0 Å². The molecule has 2 aromatic rings. The molecule has 3 rings (SSSR count). The van der Waals surface area contributed by atoms with Crippen LogP contribution in [0.2, 0.25) is 5.02 Å². The van der Waals surface area contributed by atoms with E-state index in [0.717, 1.165) is 12.2 Å². The molecular weight excluding hydrogens is 348 g/mol. The largest absolute Gasteiger partial charge is 0.492 e. The third kappa shape index (κ3) is 4.31. The van der Waals surface area contributed by atoms with Gasteiger partial charge >= 0.3 is 0 Å². The van der Waals surface area contributed by atoms with Crippen LogP contribution < -0.4 is 15.0 Å². The Kier molecular flexibility index (Phi) is 6.04. The predicted molar refractivity (Wildman–Crippen MR) is 108 cm³/mol. The first-order chi connectivity index (χ1) is 12.6. The van der Waals surface area contributed by atoms with Crippen LogP contribution in [-0.4, -0.2) is 25.1 Å². The van der Waals surface area contributed by atoms with Crippen molar-refractivity contribution < 1.29 is 9.53 Å². The second-order valence-electron chi connectivity index (χ2n) is 6.62. The lowest BCUT2D eigenvalue weighted by molar-refractivity contribution is 0.102. The van der Waals surface area contributed by atoms with Crippen molar-refractivity contribution in [3.63, 3.8) is 0 Å². The van der Waals surface area contributed by atoms with Crippen LogP contribution in [0.15, 0.2) is 42.5 Å². The van der Waals surface area contributed by atoms with Gasteiger partial charge in [-0.25, -0.2) is 0 Å². The number of halogens is 1. The van der Waals surface area contributed by atoms with E-state index in [1.807, 2.05) is 19.1 Å². The second-order valence-corrected chi connectivity index (χ2v) is 7.02. The van der Waals surface area contributed by atoms with Gasteiger partial charge in [0.1, 0.15) is 5.75 Å². The smallest absolute Gasteiger partial charge is 0.255 e. The van der Waals surface area contributed by atoms with Crippen LogP contribution >= 0.6 is 11.6 Å². The summed E-state index contributed by atoms with van der Waals surface area (Å²) in [5.41, 5.74) is 2.49. The number of hydrogen-bond acceptors (Lipinski definition) is 3. The average Bonchev–Trinajstić information content (AvgIpc) is 2.65. The van der Waals surface area contributed by atoms with Crippen molar-refractivity contribution in [1.82, 2.24) is 0 Å². The zero-order valence-corrected chi connectivity index (χ0v) is 16.1. The van der Waals surface area contributed by atoms with Gasteiger partial charge < -0.3 is 15.0 Å². The van der Waals surface area contributed by atoms with E-state index in [0.29, 0.717) is 29.0 Å². The van der Waals surface area contributed by atoms with E-state index in [2.05, 4.69) is 29.3 Å². The summed E-state index contributed by atoms with van der Waals surface area (Å²) in [6.07, 6.45) is 3.77. The number of nitrogens with zero attached hydrogens (tertiary/aromatic N) is 1. The quantitative estimate of drug-likeness (QED) is 0.767.